The molecule has 5 rings (SSSR count). The second-order valence-corrected chi connectivity index (χ2v) is 9.16. The van der Waals surface area contributed by atoms with E-state index in [0.29, 0.717) is 27.6 Å². The highest BCUT2D eigenvalue weighted by atomic mass is 19.2. The van der Waals surface area contributed by atoms with E-state index in [0.717, 1.165) is 0 Å². The van der Waals surface area contributed by atoms with Crippen molar-refractivity contribution in [2.45, 2.75) is 32.5 Å². The molecule has 4 aromatic rings. The lowest BCUT2D eigenvalue weighted by molar-refractivity contribution is 0.0760. The monoisotopic (exact) mass is 465 g/mol. The predicted molar refractivity (Wildman–Crippen MR) is 121 cm³/mol. The van der Waals surface area contributed by atoms with Gasteiger partial charge in [-0.15, -0.1) is 0 Å². The Morgan fingerprint density at radius 1 is 1.09 bits per heavy atom. The molecule has 34 heavy (non-hydrogen) atoms. The van der Waals surface area contributed by atoms with Crippen LogP contribution in [-0.4, -0.2) is 25.7 Å². The summed E-state index contributed by atoms with van der Waals surface area (Å²) in [6.07, 6.45) is 1.74. The number of benzene rings is 3. The number of aryl methyl sites for hydroxylation is 1. The van der Waals surface area contributed by atoms with Gasteiger partial charge in [-0.25, -0.2) is 13.2 Å². The van der Waals surface area contributed by atoms with Gasteiger partial charge in [0.25, 0.3) is 5.91 Å². The summed E-state index contributed by atoms with van der Waals surface area (Å²) >= 11 is 0. The zero-order chi connectivity index (χ0) is 24.4. The summed E-state index contributed by atoms with van der Waals surface area (Å²) in [5.74, 6) is -3.30. The third kappa shape index (κ3) is 3.54. The maximum Gasteiger partial charge on any atom is 0.257 e. The average Bonchev–Trinajstić information content (AvgIpc) is 3.29. The van der Waals surface area contributed by atoms with E-state index in [1.54, 1.807) is 50.0 Å². The first-order chi connectivity index (χ1) is 16.0. The van der Waals surface area contributed by atoms with Crippen molar-refractivity contribution in [2.24, 2.45) is 7.05 Å². The fourth-order valence-corrected chi connectivity index (χ4v) is 4.52. The van der Waals surface area contributed by atoms with Gasteiger partial charge in [-0.3, -0.25) is 9.48 Å². The number of amides is 1. The molecule has 0 radical (unpaired) electrons. The van der Waals surface area contributed by atoms with Crippen LogP contribution in [0.25, 0.3) is 22.0 Å². The second kappa shape index (κ2) is 7.70. The topological polar surface area (TPSA) is 58.4 Å². The number of carbonyl (C=O) groups is 1. The maximum absolute atomic E-state index is 15.3. The Hall–Kier alpha value is -3.65. The minimum atomic E-state index is -1.25. The van der Waals surface area contributed by atoms with Crippen molar-refractivity contribution in [2.75, 3.05) is 0 Å². The number of aliphatic hydroxyl groups is 1. The van der Waals surface area contributed by atoms with E-state index in [1.165, 1.54) is 29.2 Å². The molecule has 2 heterocycles. The minimum absolute atomic E-state index is 0.00650. The second-order valence-electron chi connectivity index (χ2n) is 9.16. The van der Waals surface area contributed by atoms with E-state index in [-0.39, 0.29) is 29.8 Å². The number of hydrogen-bond acceptors (Lipinski definition) is 3. The molecule has 0 saturated carbocycles. The van der Waals surface area contributed by atoms with Crippen molar-refractivity contribution in [1.82, 2.24) is 14.7 Å². The van der Waals surface area contributed by atoms with Crippen LogP contribution < -0.4 is 0 Å². The molecule has 0 saturated heterocycles. The molecule has 1 aliphatic heterocycles. The van der Waals surface area contributed by atoms with Crippen LogP contribution in [-0.2, 0) is 25.7 Å². The molecule has 1 N–H and O–H groups in total. The molecule has 5 nitrogen and oxygen atoms in total. The maximum atomic E-state index is 15.3. The molecule has 3 aromatic carbocycles. The van der Waals surface area contributed by atoms with Gasteiger partial charge in [0.15, 0.2) is 11.6 Å². The number of fused-ring (bicyclic) bond motifs is 2. The summed E-state index contributed by atoms with van der Waals surface area (Å²) in [7, 11) is 1.74. The van der Waals surface area contributed by atoms with Crippen molar-refractivity contribution in [3.63, 3.8) is 0 Å². The molecule has 0 bridgehead atoms. The number of aromatic nitrogens is 2. The minimum Gasteiger partial charge on any atom is -0.386 e. The standard InChI is InChI=1S/C26H22F3N3O2/c1-26(2,34)19-10-16(9-17-11-31(3)30-24(17)19)18-8-7-15(22(28)23(18)29)13-32-12-14-5-4-6-20(27)21(14)25(32)33/h4-11,34H,12-13H2,1-3H3. The summed E-state index contributed by atoms with van der Waals surface area (Å²) in [5.41, 5.74) is 0.732. The van der Waals surface area contributed by atoms with Crippen LogP contribution in [0.15, 0.2) is 48.7 Å². The van der Waals surface area contributed by atoms with Crippen LogP contribution in [0.3, 0.4) is 0 Å². The number of halogens is 3. The van der Waals surface area contributed by atoms with Crippen molar-refractivity contribution in [1.29, 1.82) is 0 Å². The van der Waals surface area contributed by atoms with Gasteiger partial charge in [0.05, 0.1) is 16.7 Å². The first-order valence-electron chi connectivity index (χ1n) is 10.8. The molecule has 8 heteroatoms. The smallest absolute Gasteiger partial charge is 0.257 e. The van der Waals surface area contributed by atoms with Gasteiger partial charge in [0.1, 0.15) is 5.82 Å². The molecular weight excluding hydrogens is 443 g/mol. The van der Waals surface area contributed by atoms with Gasteiger partial charge in [0.2, 0.25) is 0 Å². The number of rotatable bonds is 4. The van der Waals surface area contributed by atoms with Crippen LogP contribution in [0.1, 0.15) is 40.9 Å². The summed E-state index contributed by atoms with van der Waals surface area (Å²) in [6.45, 7) is 3.15. The molecule has 0 atom stereocenters. The van der Waals surface area contributed by atoms with Crippen molar-refractivity contribution >= 4 is 16.8 Å². The third-order valence-corrected chi connectivity index (χ3v) is 6.18. The Kier molecular flexibility index (Phi) is 5.02. The highest BCUT2D eigenvalue weighted by Gasteiger charge is 2.31. The molecule has 0 fully saturated rings. The Morgan fingerprint density at radius 3 is 2.56 bits per heavy atom. The van der Waals surface area contributed by atoms with Crippen LogP contribution in [0, 0.1) is 17.5 Å². The molecule has 0 unspecified atom stereocenters. The van der Waals surface area contributed by atoms with Gasteiger partial charge in [-0.05, 0) is 43.2 Å². The van der Waals surface area contributed by atoms with Crippen LogP contribution in [0.5, 0.6) is 0 Å². The molecule has 174 valence electrons. The molecular formula is C26H22F3N3O2. The highest BCUT2D eigenvalue weighted by molar-refractivity contribution is 5.98. The Balaban J connectivity index is 1.52. The van der Waals surface area contributed by atoms with Gasteiger partial charge in [-0.2, -0.15) is 5.10 Å². The summed E-state index contributed by atoms with van der Waals surface area (Å²) in [5, 5.41) is 15.7. The van der Waals surface area contributed by atoms with E-state index in [9.17, 15) is 14.3 Å². The lowest BCUT2D eigenvalue weighted by atomic mass is 9.91. The van der Waals surface area contributed by atoms with E-state index >= 15 is 8.78 Å². The van der Waals surface area contributed by atoms with Crippen LogP contribution in [0.4, 0.5) is 13.2 Å². The number of carbonyl (C=O) groups excluding carboxylic acids is 1. The molecule has 1 amide bonds. The van der Waals surface area contributed by atoms with E-state index in [1.807, 2.05) is 0 Å². The SMILES string of the molecule is Cn1cc2cc(-c3ccc(CN4Cc5cccc(F)c5C4=O)c(F)c3F)cc(C(C)(C)O)c2n1. The van der Waals surface area contributed by atoms with E-state index < -0.39 is 29.0 Å². The lowest BCUT2D eigenvalue weighted by Gasteiger charge is -2.20. The highest BCUT2D eigenvalue weighted by Crippen LogP contribution is 2.35. The number of nitrogens with zero attached hydrogens (tertiary/aromatic N) is 3. The Morgan fingerprint density at radius 2 is 1.85 bits per heavy atom. The normalized spacial score (nSPS) is 13.7. The van der Waals surface area contributed by atoms with E-state index in [4.69, 9.17) is 0 Å². The summed E-state index contributed by atoms with van der Waals surface area (Å²) in [4.78, 5) is 13.9. The quantitative estimate of drug-likeness (QED) is 0.459. The van der Waals surface area contributed by atoms with Gasteiger partial charge in [-0.1, -0.05) is 24.3 Å². The molecule has 0 aliphatic carbocycles. The van der Waals surface area contributed by atoms with Crippen molar-refractivity contribution < 1.29 is 23.1 Å². The molecule has 1 aromatic heterocycles. The largest absolute Gasteiger partial charge is 0.386 e. The Bertz CT molecular complexity index is 1470. The van der Waals surface area contributed by atoms with Gasteiger partial charge < -0.3 is 10.0 Å². The van der Waals surface area contributed by atoms with Crippen molar-refractivity contribution in [3.05, 3.63) is 88.4 Å². The average molecular weight is 465 g/mol. The van der Waals surface area contributed by atoms with Crippen molar-refractivity contribution in [3.8, 4) is 11.1 Å². The fraction of sp³-hybridized carbons (Fsp3) is 0.231. The van der Waals surface area contributed by atoms with E-state index in [2.05, 4.69) is 5.10 Å². The van der Waals surface area contributed by atoms with Gasteiger partial charge >= 0.3 is 0 Å². The zero-order valence-electron chi connectivity index (χ0n) is 18.9. The van der Waals surface area contributed by atoms with Crippen LogP contribution in [0.2, 0.25) is 0 Å². The molecule has 1 aliphatic rings. The fourth-order valence-electron chi connectivity index (χ4n) is 4.52. The van der Waals surface area contributed by atoms with Crippen LogP contribution >= 0.6 is 0 Å². The lowest BCUT2D eigenvalue weighted by Crippen LogP contribution is -2.24. The number of hydrogen-bond donors (Lipinski definition) is 1. The summed E-state index contributed by atoms with van der Waals surface area (Å²) < 4.78 is 46.0. The first-order valence-corrected chi connectivity index (χ1v) is 10.8. The Labute approximate surface area is 194 Å². The zero-order valence-corrected chi connectivity index (χ0v) is 18.9. The van der Waals surface area contributed by atoms with Gasteiger partial charge in [0, 0.05) is 48.4 Å². The predicted octanol–water partition coefficient (Wildman–Crippen LogP) is 5.04. The molecule has 0 spiro atoms. The third-order valence-electron chi connectivity index (χ3n) is 6.18. The summed E-state index contributed by atoms with van der Waals surface area (Å²) in [6, 6.07) is 10.5. The first kappa shape index (κ1) is 22.2.